The van der Waals surface area contributed by atoms with Gasteiger partial charge in [0.15, 0.2) is 5.82 Å². The molecule has 1 atom stereocenters. The lowest BCUT2D eigenvalue weighted by molar-refractivity contribution is -0.116. The molecular weight excluding hydrogens is 363 g/mol. The van der Waals surface area contributed by atoms with E-state index in [9.17, 15) is 4.79 Å². The predicted octanol–water partition coefficient (Wildman–Crippen LogP) is 2.70. The maximum atomic E-state index is 12.2. The lowest BCUT2D eigenvalue weighted by Gasteiger charge is -2.12. The molecule has 4 rings (SSSR count). The van der Waals surface area contributed by atoms with Crippen LogP contribution in [0, 0.1) is 0 Å². The van der Waals surface area contributed by atoms with E-state index in [1.165, 1.54) is 0 Å². The Morgan fingerprint density at radius 2 is 2.20 bits per heavy atom. The van der Waals surface area contributed by atoms with E-state index in [4.69, 9.17) is 11.6 Å². The molecule has 0 spiro atoms. The minimum absolute atomic E-state index is 0. The maximum absolute atomic E-state index is 12.2. The number of anilines is 1. The molecule has 0 radical (unpaired) electrons. The van der Waals surface area contributed by atoms with Gasteiger partial charge in [-0.2, -0.15) is 4.68 Å². The Morgan fingerprint density at radius 1 is 1.36 bits per heavy atom. The quantitative estimate of drug-likeness (QED) is 0.830. The molecule has 25 heavy (non-hydrogen) atoms. The van der Waals surface area contributed by atoms with Gasteiger partial charge in [0.05, 0.1) is 10.7 Å². The Kier molecular flexibility index (Phi) is 5.56. The molecule has 7 nitrogen and oxygen atoms in total. The zero-order valence-electron chi connectivity index (χ0n) is 13.6. The van der Waals surface area contributed by atoms with Crippen molar-refractivity contribution in [3.63, 3.8) is 0 Å². The Bertz CT molecular complexity index is 755. The van der Waals surface area contributed by atoms with Crippen molar-refractivity contribution in [2.24, 2.45) is 0 Å². The van der Waals surface area contributed by atoms with E-state index in [2.05, 4.69) is 26.2 Å². The number of hydrogen-bond acceptors (Lipinski definition) is 5. The molecule has 1 saturated heterocycles. The first-order chi connectivity index (χ1) is 11.7. The van der Waals surface area contributed by atoms with Gasteiger partial charge in [-0.1, -0.05) is 11.6 Å². The number of benzene rings is 1. The molecule has 2 heterocycles. The minimum Gasteiger partial charge on any atom is -0.326 e. The number of hydrogen-bond donors (Lipinski definition) is 2. The van der Waals surface area contributed by atoms with Gasteiger partial charge in [0.1, 0.15) is 0 Å². The number of rotatable bonds is 5. The predicted molar refractivity (Wildman–Crippen MR) is 97.7 cm³/mol. The molecule has 1 unspecified atom stereocenters. The second-order valence-corrected chi connectivity index (χ2v) is 6.84. The van der Waals surface area contributed by atoms with Crippen molar-refractivity contribution < 1.29 is 4.79 Å². The fraction of sp³-hybridized carbons (Fsp3) is 0.500. The third-order valence-corrected chi connectivity index (χ3v) is 4.81. The van der Waals surface area contributed by atoms with Crippen LogP contribution in [-0.2, 0) is 4.79 Å². The van der Waals surface area contributed by atoms with Crippen LogP contribution in [0.1, 0.15) is 43.8 Å². The van der Waals surface area contributed by atoms with Crippen LogP contribution in [0.4, 0.5) is 5.69 Å². The topological polar surface area (TPSA) is 84.7 Å². The molecule has 1 aromatic heterocycles. The SMILES string of the molecule is Cl.O=C(CC1CCCN1)Nc1ccc(Cl)c(-n2nnnc2C2CC2)c1. The number of nitrogens with one attached hydrogen (secondary N) is 2. The van der Waals surface area contributed by atoms with Crippen molar-refractivity contribution >= 4 is 35.6 Å². The van der Waals surface area contributed by atoms with E-state index in [0.29, 0.717) is 28.7 Å². The highest BCUT2D eigenvalue weighted by Gasteiger charge is 2.30. The van der Waals surface area contributed by atoms with Crippen LogP contribution in [0.15, 0.2) is 18.2 Å². The van der Waals surface area contributed by atoms with Gasteiger partial charge in [-0.15, -0.1) is 17.5 Å². The summed E-state index contributed by atoms with van der Waals surface area (Å²) in [5.74, 6) is 1.24. The number of carbonyl (C=O) groups excluding carboxylic acids is 1. The van der Waals surface area contributed by atoms with Crippen molar-refractivity contribution in [3.8, 4) is 5.69 Å². The van der Waals surface area contributed by atoms with Crippen LogP contribution < -0.4 is 10.6 Å². The summed E-state index contributed by atoms with van der Waals surface area (Å²) in [7, 11) is 0. The third kappa shape index (κ3) is 4.11. The minimum atomic E-state index is 0. The molecule has 2 fully saturated rings. The number of aromatic nitrogens is 4. The Balaban J connectivity index is 0.00000182. The van der Waals surface area contributed by atoms with E-state index in [1.54, 1.807) is 16.8 Å². The third-order valence-electron chi connectivity index (χ3n) is 4.49. The molecule has 9 heteroatoms. The summed E-state index contributed by atoms with van der Waals surface area (Å²) in [5.41, 5.74) is 1.40. The fourth-order valence-corrected chi connectivity index (χ4v) is 3.28. The van der Waals surface area contributed by atoms with Gasteiger partial charge in [0.2, 0.25) is 5.91 Å². The number of amides is 1. The smallest absolute Gasteiger partial charge is 0.225 e. The Labute approximate surface area is 156 Å². The first-order valence-corrected chi connectivity index (χ1v) is 8.70. The molecule has 1 saturated carbocycles. The molecule has 1 aliphatic heterocycles. The summed E-state index contributed by atoms with van der Waals surface area (Å²) in [6, 6.07) is 5.66. The van der Waals surface area contributed by atoms with Crippen LogP contribution in [0.2, 0.25) is 5.02 Å². The summed E-state index contributed by atoms with van der Waals surface area (Å²) in [6.07, 6.45) is 4.86. The maximum Gasteiger partial charge on any atom is 0.225 e. The molecule has 134 valence electrons. The summed E-state index contributed by atoms with van der Waals surface area (Å²) < 4.78 is 1.67. The standard InChI is InChI=1S/C16H19ClN6O.ClH/c17-13-6-5-12(19-15(24)9-11-2-1-7-18-11)8-14(13)23-16(10-3-4-10)20-21-22-23;/h5-6,8,10-11,18H,1-4,7,9H2,(H,19,24);1H. The van der Waals surface area contributed by atoms with Crippen molar-refractivity contribution in [1.82, 2.24) is 25.5 Å². The van der Waals surface area contributed by atoms with Gasteiger partial charge < -0.3 is 10.6 Å². The van der Waals surface area contributed by atoms with Gasteiger partial charge in [-0.05, 0) is 60.9 Å². The molecule has 2 aliphatic rings. The van der Waals surface area contributed by atoms with Crippen molar-refractivity contribution in [3.05, 3.63) is 29.0 Å². The van der Waals surface area contributed by atoms with Crippen LogP contribution in [-0.4, -0.2) is 38.7 Å². The van der Waals surface area contributed by atoms with E-state index in [0.717, 1.165) is 38.1 Å². The second-order valence-electron chi connectivity index (χ2n) is 6.43. The van der Waals surface area contributed by atoms with Gasteiger partial charge >= 0.3 is 0 Å². The van der Waals surface area contributed by atoms with Crippen molar-refractivity contribution in [2.45, 2.75) is 44.1 Å². The highest BCUT2D eigenvalue weighted by atomic mass is 35.5. The molecular formula is C16H20Cl2N6O. The average molecular weight is 383 g/mol. The highest BCUT2D eigenvalue weighted by molar-refractivity contribution is 6.32. The highest BCUT2D eigenvalue weighted by Crippen LogP contribution is 2.40. The van der Waals surface area contributed by atoms with Gasteiger partial charge in [-0.3, -0.25) is 4.79 Å². The van der Waals surface area contributed by atoms with Gasteiger partial charge in [0, 0.05) is 24.1 Å². The van der Waals surface area contributed by atoms with Crippen molar-refractivity contribution in [1.29, 1.82) is 0 Å². The Morgan fingerprint density at radius 3 is 2.92 bits per heavy atom. The largest absolute Gasteiger partial charge is 0.326 e. The Hall–Kier alpha value is -1.70. The van der Waals surface area contributed by atoms with E-state index >= 15 is 0 Å². The first kappa shape index (κ1) is 18.1. The second kappa shape index (κ2) is 7.68. The lowest BCUT2D eigenvalue weighted by Crippen LogP contribution is -2.27. The van der Waals surface area contributed by atoms with E-state index in [1.807, 2.05) is 6.07 Å². The molecule has 1 amide bonds. The summed E-state index contributed by atoms with van der Waals surface area (Å²) in [6.45, 7) is 0.992. The summed E-state index contributed by atoms with van der Waals surface area (Å²) in [4.78, 5) is 12.2. The molecule has 2 aromatic rings. The van der Waals surface area contributed by atoms with Gasteiger partial charge in [0.25, 0.3) is 0 Å². The van der Waals surface area contributed by atoms with Crippen LogP contribution >= 0.6 is 24.0 Å². The van der Waals surface area contributed by atoms with Crippen LogP contribution in [0.3, 0.4) is 0 Å². The van der Waals surface area contributed by atoms with Crippen LogP contribution in [0.5, 0.6) is 0 Å². The monoisotopic (exact) mass is 382 g/mol. The van der Waals surface area contributed by atoms with E-state index < -0.39 is 0 Å². The lowest BCUT2D eigenvalue weighted by atomic mass is 10.1. The fourth-order valence-electron chi connectivity index (χ4n) is 3.08. The van der Waals surface area contributed by atoms with Crippen LogP contribution in [0.25, 0.3) is 5.69 Å². The molecule has 1 aromatic carbocycles. The summed E-state index contributed by atoms with van der Waals surface area (Å²) >= 11 is 6.32. The molecule has 2 N–H and O–H groups in total. The number of tetrazole rings is 1. The number of nitrogens with zero attached hydrogens (tertiary/aromatic N) is 4. The zero-order chi connectivity index (χ0) is 16.5. The first-order valence-electron chi connectivity index (χ1n) is 8.32. The summed E-state index contributed by atoms with van der Waals surface area (Å²) in [5, 5.41) is 18.8. The molecule has 0 bridgehead atoms. The normalized spacial score (nSPS) is 19.5. The molecule has 1 aliphatic carbocycles. The van der Waals surface area contributed by atoms with E-state index in [-0.39, 0.29) is 24.4 Å². The zero-order valence-corrected chi connectivity index (χ0v) is 15.2. The number of carbonyl (C=O) groups is 1. The van der Waals surface area contributed by atoms with Crippen molar-refractivity contribution in [2.75, 3.05) is 11.9 Å². The number of halogens is 2. The average Bonchev–Trinajstić information content (AvgIpc) is 3.07. The van der Waals surface area contributed by atoms with Gasteiger partial charge in [-0.25, -0.2) is 0 Å².